The highest BCUT2D eigenvalue weighted by molar-refractivity contribution is 5.75. The smallest absolute Gasteiger partial charge is 0.317 e. The molecule has 4 heteroatoms. The number of rotatable bonds is 4. The lowest BCUT2D eigenvalue weighted by Gasteiger charge is -2.39. The minimum atomic E-state index is 0.106. The van der Waals surface area contributed by atoms with E-state index in [-0.39, 0.29) is 6.03 Å². The molecule has 2 saturated carbocycles. The second-order valence-corrected chi connectivity index (χ2v) is 4.64. The van der Waals surface area contributed by atoms with E-state index in [1.165, 1.54) is 12.8 Å². The number of hydrogen-bond acceptors (Lipinski definition) is 2. The maximum Gasteiger partial charge on any atom is 0.317 e. The fraction of sp³-hybridized carbons (Fsp3) is 0.909. The van der Waals surface area contributed by atoms with Crippen LogP contribution in [0.25, 0.3) is 0 Å². The van der Waals surface area contributed by atoms with Crippen molar-refractivity contribution in [3.05, 3.63) is 0 Å². The van der Waals surface area contributed by atoms with E-state index in [0.717, 1.165) is 25.7 Å². The SMILES string of the molecule is NCCN(C(=O)NC1CCC1)C1CCC1. The van der Waals surface area contributed by atoms with Crippen molar-refractivity contribution in [2.24, 2.45) is 5.73 Å². The molecule has 2 amide bonds. The van der Waals surface area contributed by atoms with E-state index in [1.54, 1.807) is 0 Å². The number of amides is 2. The summed E-state index contributed by atoms with van der Waals surface area (Å²) in [5.41, 5.74) is 5.54. The summed E-state index contributed by atoms with van der Waals surface area (Å²) in [7, 11) is 0. The molecule has 0 atom stereocenters. The molecule has 0 aromatic carbocycles. The van der Waals surface area contributed by atoms with Gasteiger partial charge >= 0.3 is 6.03 Å². The van der Waals surface area contributed by atoms with Gasteiger partial charge in [0, 0.05) is 25.2 Å². The molecule has 0 saturated heterocycles. The third-order valence-electron chi connectivity index (χ3n) is 3.58. The van der Waals surface area contributed by atoms with Gasteiger partial charge in [-0.3, -0.25) is 0 Å². The minimum Gasteiger partial charge on any atom is -0.335 e. The zero-order chi connectivity index (χ0) is 10.7. The largest absolute Gasteiger partial charge is 0.335 e. The zero-order valence-electron chi connectivity index (χ0n) is 9.24. The summed E-state index contributed by atoms with van der Waals surface area (Å²) in [5, 5.41) is 3.08. The summed E-state index contributed by atoms with van der Waals surface area (Å²) in [4.78, 5) is 13.9. The number of hydrogen-bond donors (Lipinski definition) is 2. The predicted octanol–water partition coefficient (Wildman–Crippen LogP) is 1.06. The van der Waals surface area contributed by atoms with Crippen LogP contribution in [0.15, 0.2) is 0 Å². The Morgan fingerprint density at radius 3 is 2.33 bits per heavy atom. The van der Waals surface area contributed by atoms with Crippen molar-refractivity contribution in [2.45, 2.75) is 50.6 Å². The second-order valence-electron chi connectivity index (χ2n) is 4.64. The summed E-state index contributed by atoms with van der Waals surface area (Å²) in [6.45, 7) is 1.26. The van der Waals surface area contributed by atoms with Crippen molar-refractivity contribution < 1.29 is 4.79 Å². The van der Waals surface area contributed by atoms with Crippen LogP contribution in [0, 0.1) is 0 Å². The topological polar surface area (TPSA) is 58.4 Å². The molecular formula is C11H21N3O. The van der Waals surface area contributed by atoms with E-state index in [0.29, 0.717) is 25.2 Å². The van der Waals surface area contributed by atoms with Crippen molar-refractivity contribution in [1.29, 1.82) is 0 Å². The molecule has 86 valence electrons. The molecule has 0 unspecified atom stereocenters. The molecule has 0 spiro atoms. The second kappa shape index (κ2) is 4.84. The van der Waals surface area contributed by atoms with E-state index in [4.69, 9.17) is 5.73 Å². The Bertz CT molecular complexity index is 224. The van der Waals surface area contributed by atoms with Gasteiger partial charge in [-0.25, -0.2) is 4.79 Å². The van der Waals surface area contributed by atoms with Gasteiger partial charge in [-0.2, -0.15) is 0 Å². The molecule has 3 N–H and O–H groups in total. The van der Waals surface area contributed by atoms with Crippen LogP contribution in [0.4, 0.5) is 4.79 Å². The van der Waals surface area contributed by atoms with Gasteiger partial charge in [-0.1, -0.05) is 0 Å². The third-order valence-corrected chi connectivity index (χ3v) is 3.58. The molecule has 0 heterocycles. The standard InChI is InChI=1S/C11H21N3O/c12-7-8-14(10-5-2-6-10)11(15)13-9-3-1-4-9/h9-10H,1-8,12H2,(H,13,15). The van der Waals surface area contributed by atoms with Gasteiger partial charge in [0.1, 0.15) is 0 Å². The number of nitrogens with zero attached hydrogens (tertiary/aromatic N) is 1. The molecule has 4 nitrogen and oxygen atoms in total. The third kappa shape index (κ3) is 2.43. The first kappa shape index (κ1) is 10.7. The summed E-state index contributed by atoms with van der Waals surface area (Å²) in [6, 6.07) is 0.987. The highest BCUT2D eigenvalue weighted by atomic mass is 16.2. The molecule has 0 aromatic heterocycles. The van der Waals surface area contributed by atoms with Crippen molar-refractivity contribution in [3.63, 3.8) is 0 Å². The molecule has 2 aliphatic carbocycles. The van der Waals surface area contributed by atoms with E-state index in [1.807, 2.05) is 4.90 Å². The van der Waals surface area contributed by atoms with E-state index < -0.39 is 0 Å². The Kier molecular flexibility index (Phi) is 3.46. The molecule has 2 aliphatic rings. The zero-order valence-corrected chi connectivity index (χ0v) is 9.24. The monoisotopic (exact) mass is 211 g/mol. The van der Waals surface area contributed by atoms with Crippen LogP contribution in [0.3, 0.4) is 0 Å². The average molecular weight is 211 g/mol. The van der Waals surface area contributed by atoms with Crippen molar-refractivity contribution in [3.8, 4) is 0 Å². The number of nitrogens with one attached hydrogen (secondary N) is 1. The number of carbonyl (C=O) groups excluding carboxylic acids is 1. The van der Waals surface area contributed by atoms with Crippen molar-refractivity contribution in [2.75, 3.05) is 13.1 Å². The van der Waals surface area contributed by atoms with E-state index in [9.17, 15) is 4.79 Å². The Hall–Kier alpha value is -0.770. The van der Waals surface area contributed by atoms with Crippen molar-refractivity contribution >= 4 is 6.03 Å². The fourth-order valence-corrected chi connectivity index (χ4v) is 2.10. The first-order valence-electron chi connectivity index (χ1n) is 6.08. The molecule has 0 radical (unpaired) electrons. The molecule has 2 rings (SSSR count). The highest BCUT2D eigenvalue weighted by Gasteiger charge is 2.30. The molecule has 0 bridgehead atoms. The van der Waals surface area contributed by atoms with Gasteiger partial charge < -0.3 is 16.0 Å². The minimum absolute atomic E-state index is 0.106. The summed E-state index contributed by atoms with van der Waals surface area (Å²) >= 11 is 0. The van der Waals surface area contributed by atoms with Crippen LogP contribution in [-0.4, -0.2) is 36.1 Å². The van der Waals surface area contributed by atoms with Crippen LogP contribution in [0.1, 0.15) is 38.5 Å². The van der Waals surface area contributed by atoms with E-state index in [2.05, 4.69) is 5.32 Å². The summed E-state index contributed by atoms with van der Waals surface area (Å²) in [6.07, 6.45) is 7.10. The maximum atomic E-state index is 11.9. The Morgan fingerprint density at radius 2 is 1.93 bits per heavy atom. The van der Waals surface area contributed by atoms with Crippen LogP contribution in [-0.2, 0) is 0 Å². The van der Waals surface area contributed by atoms with E-state index >= 15 is 0 Å². The lowest BCUT2D eigenvalue weighted by atomic mass is 9.91. The number of nitrogens with two attached hydrogens (primary N) is 1. The van der Waals surface area contributed by atoms with Crippen molar-refractivity contribution in [1.82, 2.24) is 10.2 Å². The normalized spacial score (nSPS) is 21.7. The van der Waals surface area contributed by atoms with Crippen LogP contribution in [0.2, 0.25) is 0 Å². The van der Waals surface area contributed by atoms with Gasteiger partial charge in [0.05, 0.1) is 0 Å². The molecule has 0 aliphatic heterocycles. The van der Waals surface area contributed by atoms with Gasteiger partial charge in [0.25, 0.3) is 0 Å². The quantitative estimate of drug-likeness (QED) is 0.730. The maximum absolute atomic E-state index is 11.9. The number of urea groups is 1. The first-order chi connectivity index (χ1) is 7.31. The average Bonchev–Trinajstić information content (AvgIpc) is 2.07. The summed E-state index contributed by atoms with van der Waals surface area (Å²) in [5.74, 6) is 0. The Morgan fingerprint density at radius 1 is 1.27 bits per heavy atom. The van der Waals surface area contributed by atoms with Gasteiger partial charge in [0.2, 0.25) is 0 Å². The van der Waals surface area contributed by atoms with Crippen LogP contribution in [0.5, 0.6) is 0 Å². The lowest BCUT2D eigenvalue weighted by molar-refractivity contribution is 0.133. The highest BCUT2D eigenvalue weighted by Crippen LogP contribution is 2.25. The Labute approximate surface area is 91.2 Å². The summed E-state index contributed by atoms with van der Waals surface area (Å²) < 4.78 is 0. The van der Waals surface area contributed by atoms with Crippen LogP contribution >= 0.6 is 0 Å². The fourth-order valence-electron chi connectivity index (χ4n) is 2.10. The Balaban J connectivity index is 1.81. The predicted molar refractivity (Wildman–Crippen MR) is 59.6 cm³/mol. The number of carbonyl (C=O) groups is 1. The van der Waals surface area contributed by atoms with Gasteiger partial charge in [0.15, 0.2) is 0 Å². The van der Waals surface area contributed by atoms with Gasteiger partial charge in [-0.05, 0) is 38.5 Å². The molecule has 15 heavy (non-hydrogen) atoms. The lowest BCUT2D eigenvalue weighted by Crippen LogP contribution is -2.54. The molecule has 0 aromatic rings. The first-order valence-corrected chi connectivity index (χ1v) is 6.08. The molecule has 2 fully saturated rings. The van der Waals surface area contributed by atoms with Gasteiger partial charge in [-0.15, -0.1) is 0 Å². The molecular weight excluding hydrogens is 190 g/mol. The van der Waals surface area contributed by atoms with Crippen LogP contribution < -0.4 is 11.1 Å².